The fraction of sp³-hybridized carbons (Fsp3) is 0.786. The Hall–Kier alpha value is -0.920. The molecule has 1 N–H and O–H groups in total. The first-order valence-corrected chi connectivity index (χ1v) is 9.35. The second-order valence-electron chi connectivity index (χ2n) is 5.91. The number of aryl methyl sites for hydroxylation is 2. The molecule has 3 heterocycles. The summed E-state index contributed by atoms with van der Waals surface area (Å²) in [5.74, 6) is 0.919. The van der Waals surface area contributed by atoms with Crippen molar-refractivity contribution in [2.75, 3.05) is 19.6 Å². The van der Waals surface area contributed by atoms with E-state index in [1.165, 1.54) is 0 Å². The Kier molecular flexibility index (Phi) is 4.33. The van der Waals surface area contributed by atoms with E-state index in [-0.39, 0.29) is 11.1 Å². The topological polar surface area (TPSA) is 67.2 Å². The van der Waals surface area contributed by atoms with Gasteiger partial charge in [0.05, 0.1) is 0 Å². The molecular weight excluding hydrogens is 288 g/mol. The molecule has 0 aromatic carbocycles. The predicted octanol–water partition coefficient (Wildman–Crippen LogP) is 0.982. The molecule has 0 aliphatic carbocycles. The van der Waals surface area contributed by atoms with Gasteiger partial charge in [0.25, 0.3) is 10.0 Å². The summed E-state index contributed by atoms with van der Waals surface area (Å²) < 4.78 is 29.5. The molecule has 1 fully saturated rings. The van der Waals surface area contributed by atoms with Crippen LogP contribution in [0.5, 0.6) is 0 Å². The zero-order chi connectivity index (χ0) is 14.9. The fourth-order valence-corrected chi connectivity index (χ4v) is 4.89. The van der Waals surface area contributed by atoms with Gasteiger partial charge in [-0.1, -0.05) is 13.3 Å². The van der Waals surface area contributed by atoms with Gasteiger partial charge < -0.3 is 9.88 Å². The van der Waals surface area contributed by atoms with Crippen molar-refractivity contribution in [2.45, 2.75) is 56.6 Å². The lowest BCUT2D eigenvalue weighted by Gasteiger charge is -2.34. The Morgan fingerprint density at radius 2 is 2.24 bits per heavy atom. The molecule has 2 aliphatic heterocycles. The van der Waals surface area contributed by atoms with Crippen molar-refractivity contribution in [2.24, 2.45) is 0 Å². The second-order valence-corrected chi connectivity index (χ2v) is 7.75. The monoisotopic (exact) mass is 312 g/mol. The smallest absolute Gasteiger partial charge is 0.262 e. The van der Waals surface area contributed by atoms with Gasteiger partial charge in [-0.3, -0.25) is 0 Å². The van der Waals surface area contributed by atoms with Crippen LogP contribution in [0.25, 0.3) is 0 Å². The van der Waals surface area contributed by atoms with Crippen LogP contribution in [0.3, 0.4) is 0 Å². The quantitative estimate of drug-likeness (QED) is 0.900. The van der Waals surface area contributed by atoms with Crippen LogP contribution in [0.1, 0.15) is 38.4 Å². The van der Waals surface area contributed by atoms with E-state index in [0.717, 1.165) is 51.0 Å². The van der Waals surface area contributed by atoms with Crippen molar-refractivity contribution in [3.8, 4) is 0 Å². The standard InChI is InChI=1S/C14H24N4O2S/c1-2-5-12-10-15-7-9-18(12)21(19,20)14-11-17-8-4-3-6-13(17)16-14/h11-12,15H,2-10H2,1H3. The Morgan fingerprint density at radius 1 is 1.38 bits per heavy atom. The largest absolute Gasteiger partial charge is 0.333 e. The van der Waals surface area contributed by atoms with E-state index in [9.17, 15) is 8.42 Å². The summed E-state index contributed by atoms with van der Waals surface area (Å²) in [6.45, 7) is 4.97. The molecule has 1 unspecified atom stereocenters. The maximum Gasteiger partial charge on any atom is 0.262 e. The summed E-state index contributed by atoms with van der Waals surface area (Å²) in [4.78, 5) is 4.41. The minimum absolute atomic E-state index is 0.0486. The van der Waals surface area contributed by atoms with Gasteiger partial charge in [-0.2, -0.15) is 4.31 Å². The molecule has 6 nitrogen and oxygen atoms in total. The van der Waals surface area contributed by atoms with Gasteiger partial charge in [0, 0.05) is 44.8 Å². The molecule has 21 heavy (non-hydrogen) atoms. The Bertz CT molecular complexity index is 571. The molecule has 0 bridgehead atoms. The zero-order valence-corrected chi connectivity index (χ0v) is 13.4. The van der Waals surface area contributed by atoms with Crippen LogP contribution in [0.15, 0.2) is 11.2 Å². The first-order chi connectivity index (χ1) is 10.1. The van der Waals surface area contributed by atoms with Crippen LogP contribution in [-0.4, -0.2) is 48.0 Å². The van der Waals surface area contributed by atoms with Gasteiger partial charge in [0.1, 0.15) is 5.82 Å². The third kappa shape index (κ3) is 2.86. The van der Waals surface area contributed by atoms with E-state index >= 15 is 0 Å². The minimum atomic E-state index is -3.47. The number of hydrogen-bond donors (Lipinski definition) is 1. The Morgan fingerprint density at radius 3 is 3.00 bits per heavy atom. The molecule has 0 amide bonds. The third-order valence-electron chi connectivity index (χ3n) is 4.38. The number of piperazine rings is 1. The predicted molar refractivity (Wildman–Crippen MR) is 80.6 cm³/mol. The van der Waals surface area contributed by atoms with Crippen molar-refractivity contribution in [1.29, 1.82) is 0 Å². The summed E-state index contributed by atoms with van der Waals surface area (Å²) in [5, 5.41) is 3.53. The maximum absolute atomic E-state index is 12.9. The summed E-state index contributed by atoms with van der Waals surface area (Å²) in [5.41, 5.74) is 0. The molecule has 0 radical (unpaired) electrons. The van der Waals surface area contributed by atoms with Crippen molar-refractivity contribution in [3.05, 3.63) is 12.0 Å². The zero-order valence-electron chi connectivity index (χ0n) is 12.6. The average molecular weight is 312 g/mol. The highest BCUT2D eigenvalue weighted by molar-refractivity contribution is 7.89. The van der Waals surface area contributed by atoms with E-state index in [1.54, 1.807) is 10.5 Å². The highest BCUT2D eigenvalue weighted by atomic mass is 32.2. The Labute approximate surface area is 126 Å². The van der Waals surface area contributed by atoms with Crippen LogP contribution in [-0.2, 0) is 23.0 Å². The maximum atomic E-state index is 12.9. The lowest BCUT2D eigenvalue weighted by molar-refractivity contribution is 0.254. The molecule has 1 aromatic rings. The molecule has 1 saturated heterocycles. The van der Waals surface area contributed by atoms with Crippen molar-refractivity contribution in [1.82, 2.24) is 19.2 Å². The number of hydrogen-bond acceptors (Lipinski definition) is 4. The summed E-state index contributed by atoms with van der Waals surface area (Å²) in [6.07, 6.45) is 6.69. The van der Waals surface area contributed by atoms with E-state index < -0.39 is 10.0 Å². The van der Waals surface area contributed by atoms with Crippen molar-refractivity contribution in [3.63, 3.8) is 0 Å². The molecule has 1 aromatic heterocycles. The molecule has 1 atom stereocenters. The lowest BCUT2D eigenvalue weighted by atomic mass is 10.1. The first-order valence-electron chi connectivity index (χ1n) is 7.91. The highest BCUT2D eigenvalue weighted by Gasteiger charge is 2.35. The summed E-state index contributed by atoms with van der Waals surface area (Å²) >= 11 is 0. The van der Waals surface area contributed by atoms with Crippen LogP contribution >= 0.6 is 0 Å². The number of rotatable bonds is 4. The van der Waals surface area contributed by atoms with Gasteiger partial charge in [-0.15, -0.1) is 0 Å². The number of sulfonamides is 1. The number of nitrogens with one attached hydrogen (secondary N) is 1. The number of nitrogens with zero attached hydrogens (tertiary/aromatic N) is 3. The number of imidazole rings is 1. The molecule has 7 heteroatoms. The number of aromatic nitrogens is 2. The summed E-state index contributed by atoms with van der Waals surface area (Å²) in [7, 11) is -3.47. The van der Waals surface area contributed by atoms with Crippen LogP contribution < -0.4 is 5.32 Å². The van der Waals surface area contributed by atoms with Gasteiger partial charge in [-0.05, 0) is 19.3 Å². The summed E-state index contributed by atoms with van der Waals surface area (Å²) in [6, 6.07) is 0.0486. The lowest BCUT2D eigenvalue weighted by Crippen LogP contribution is -2.53. The van der Waals surface area contributed by atoms with E-state index in [1.807, 2.05) is 4.57 Å². The molecule has 3 rings (SSSR count). The molecular formula is C14H24N4O2S. The number of fused-ring (bicyclic) bond motifs is 1. The minimum Gasteiger partial charge on any atom is -0.333 e. The van der Waals surface area contributed by atoms with Gasteiger partial charge in [-0.25, -0.2) is 13.4 Å². The van der Waals surface area contributed by atoms with Gasteiger partial charge in [0.15, 0.2) is 5.03 Å². The highest BCUT2D eigenvalue weighted by Crippen LogP contribution is 2.23. The van der Waals surface area contributed by atoms with E-state index in [2.05, 4.69) is 17.2 Å². The second kappa shape index (κ2) is 6.06. The van der Waals surface area contributed by atoms with Crippen molar-refractivity contribution < 1.29 is 8.42 Å². The van der Waals surface area contributed by atoms with E-state index in [0.29, 0.717) is 13.1 Å². The van der Waals surface area contributed by atoms with Gasteiger partial charge in [0.2, 0.25) is 0 Å². The SMILES string of the molecule is CCCC1CNCCN1S(=O)(=O)c1cn2c(n1)CCCC2. The normalized spacial score (nSPS) is 24.0. The van der Waals surface area contributed by atoms with Crippen molar-refractivity contribution >= 4 is 10.0 Å². The van der Waals surface area contributed by atoms with Gasteiger partial charge >= 0.3 is 0 Å². The van der Waals surface area contributed by atoms with Crippen LogP contribution in [0.2, 0.25) is 0 Å². The molecule has 0 spiro atoms. The first kappa shape index (κ1) is 15.0. The molecule has 2 aliphatic rings. The molecule has 0 saturated carbocycles. The third-order valence-corrected chi connectivity index (χ3v) is 6.20. The fourth-order valence-electron chi connectivity index (χ4n) is 3.27. The van der Waals surface area contributed by atoms with Crippen LogP contribution in [0, 0.1) is 0 Å². The van der Waals surface area contributed by atoms with Crippen LogP contribution in [0.4, 0.5) is 0 Å². The Balaban J connectivity index is 1.89. The average Bonchev–Trinajstić information content (AvgIpc) is 2.93. The molecule has 118 valence electrons. The van der Waals surface area contributed by atoms with E-state index in [4.69, 9.17) is 0 Å².